The van der Waals surface area contributed by atoms with Gasteiger partial charge in [-0.05, 0) is 169 Å². The summed E-state index contributed by atoms with van der Waals surface area (Å²) >= 11 is 9.83. The number of nitrogens with one attached hydrogen (secondary N) is 3. The van der Waals surface area contributed by atoms with Crippen molar-refractivity contribution in [3.63, 3.8) is 0 Å². The van der Waals surface area contributed by atoms with Crippen LogP contribution in [0.15, 0.2) is 49.8 Å². The Bertz CT molecular complexity index is 3500. The van der Waals surface area contributed by atoms with Crippen molar-refractivity contribution in [1.82, 2.24) is 46.2 Å². The third-order valence-electron chi connectivity index (χ3n) is 6.48. The summed E-state index contributed by atoms with van der Waals surface area (Å²) in [6.45, 7) is 1.82. The second kappa shape index (κ2) is 32.8. The standard InChI is InChI=1S/C26H2.C8H6BrN3O2.C7H6BrN3O.C7H4BrN3O.CH5P/c1-3-5-7-9-11-13-15-17-19-21-23-25-26-24-22-20-18-16-14-12-10-8-6-4-2;1-14-8(13)4-2-6-7(3-5(4)9)11-12-10-6;2*8-5-2-7-6(9-11-10-7)1-4(5)3-12;1-2/h1-2H;2-3H,1H3,(H,10,11,12);1-2,12H,3H2,(H,9,10,11);1-3H,(H,9,10,11);2H2,1H3/i;;;;2D. The number of carbonyl (C=O) groups excluding carboxylic acids is 2. The van der Waals surface area contributed by atoms with E-state index in [1.165, 1.54) is 7.11 Å². The van der Waals surface area contributed by atoms with Gasteiger partial charge in [-0.2, -0.15) is 46.2 Å². The molecule has 17 heteroatoms. The van der Waals surface area contributed by atoms with Crippen molar-refractivity contribution >= 4 is 102 Å². The highest BCUT2D eigenvalue weighted by Gasteiger charge is 2.13. The first-order chi connectivity index (χ1) is 32.7. The van der Waals surface area contributed by atoms with Crippen LogP contribution in [0.4, 0.5) is 0 Å². The maximum absolute atomic E-state index is 11.3. The third-order valence-corrected chi connectivity index (χ3v) is 8.56. The molecule has 4 N–H and O–H groups in total. The SMILES string of the molecule is C#CC#CC#CC#CC#CC#CC#CC#CC#CC#CC#CC#CC#C.COC(=O)c1cc2n[nH]nc2cc1Br.O=Cc1cc2n[nH]nc2cc1Br.OCc1cc2n[nH]nc2cc1Br.[2H]PC. The number of nitrogens with zero attached hydrogens (tertiary/aromatic N) is 6. The van der Waals surface area contributed by atoms with Crippen LogP contribution < -0.4 is 0 Å². The number of benzene rings is 3. The Morgan fingerprint density at radius 2 is 0.894 bits per heavy atom. The minimum Gasteiger partial charge on any atom is -0.465 e. The summed E-state index contributed by atoms with van der Waals surface area (Å²) in [5, 5.41) is 39.7. The summed E-state index contributed by atoms with van der Waals surface area (Å²) in [6.07, 6.45) is 10.6. The van der Waals surface area contributed by atoms with Crippen LogP contribution >= 0.6 is 57.0 Å². The summed E-state index contributed by atoms with van der Waals surface area (Å²) in [6, 6.07) is 10.4. The van der Waals surface area contributed by atoms with Gasteiger partial charge in [-0.1, -0.05) is 22.6 Å². The predicted molar refractivity (Wildman–Crippen MR) is 266 cm³/mol. The summed E-state index contributed by atoms with van der Waals surface area (Å²) in [5.74, 6) is 57.8. The molecule has 3 heterocycles. The molecule has 1 atom stereocenters. The maximum Gasteiger partial charge on any atom is 0.339 e. The number of terminal acetylenes is 2. The van der Waals surface area contributed by atoms with Gasteiger partial charge in [0.2, 0.25) is 0 Å². The molecular weight excluding hydrogens is 1050 g/mol. The van der Waals surface area contributed by atoms with Gasteiger partial charge in [0.15, 0.2) is 6.29 Å². The molecule has 0 aliphatic carbocycles. The largest absolute Gasteiger partial charge is 0.465 e. The van der Waals surface area contributed by atoms with Crippen molar-refractivity contribution in [2.75, 3.05) is 13.8 Å². The maximum atomic E-state index is 11.3. The van der Waals surface area contributed by atoms with Crippen LogP contribution in [0.2, 0.25) is 0 Å². The number of halogens is 3. The second-order valence-electron chi connectivity index (χ2n) is 10.4. The number of hydrogen-bond acceptors (Lipinski definition) is 10. The number of aldehydes is 1. The molecule has 0 bridgehead atoms. The topological polar surface area (TPSA) is 188 Å². The molecule has 0 saturated carbocycles. The summed E-state index contributed by atoms with van der Waals surface area (Å²) in [4.78, 5) is 21.8. The van der Waals surface area contributed by atoms with Crippen molar-refractivity contribution in [1.29, 1.82) is 1.28 Å². The van der Waals surface area contributed by atoms with Gasteiger partial charge >= 0.3 is 5.97 Å². The van der Waals surface area contributed by atoms with E-state index in [0.29, 0.717) is 41.3 Å². The Morgan fingerprint density at radius 1 is 0.591 bits per heavy atom. The van der Waals surface area contributed by atoms with Crippen molar-refractivity contribution in [3.05, 3.63) is 66.5 Å². The summed E-state index contributed by atoms with van der Waals surface area (Å²) in [7, 11) is 1.67. The van der Waals surface area contributed by atoms with Crippen molar-refractivity contribution < 1.29 is 19.4 Å². The quantitative estimate of drug-likeness (QED) is 0.0811. The Labute approximate surface area is 408 Å². The monoisotopic (exact) mass is 1070 g/mol. The van der Waals surface area contributed by atoms with Crippen LogP contribution in [0.25, 0.3) is 33.1 Å². The number of fused-ring (bicyclic) bond motifs is 3. The number of H-pyrrole nitrogens is 3. The minimum absolute atomic E-state index is 0.00336. The predicted octanol–water partition coefficient (Wildman–Crippen LogP) is 5.03. The summed E-state index contributed by atoms with van der Waals surface area (Å²) in [5.41, 5.74) is 6.16. The van der Waals surface area contributed by atoms with Gasteiger partial charge in [-0.25, -0.2) is 4.79 Å². The highest BCUT2D eigenvalue weighted by atomic mass is 79.9. The fraction of sp³-hybridized carbons (Fsp3) is 0.0612. The number of carbonyl (C=O) groups is 2. The smallest absolute Gasteiger partial charge is 0.339 e. The Morgan fingerprint density at radius 3 is 1.23 bits per heavy atom. The number of ether oxygens (including phenoxy) is 1. The Balaban J connectivity index is 0.000000317. The molecule has 1 unspecified atom stereocenters. The third kappa shape index (κ3) is 19.9. The molecule has 3 aromatic carbocycles. The molecule has 66 heavy (non-hydrogen) atoms. The van der Waals surface area contributed by atoms with E-state index in [0.717, 1.165) is 37.3 Å². The normalized spacial score (nSPS) is 8.03. The average Bonchev–Trinajstić information content (AvgIpc) is 4.12. The lowest BCUT2D eigenvalue weighted by Gasteiger charge is -2.00. The van der Waals surface area contributed by atoms with Crippen LogP contribution in [-0.4, -0.2) is 78.6 Å². The van der Waals surface area contributed by atoms with Gasteiger partial charge in [-0.15, -0.1) is 22.0 Å². The zero-order chi connectivity index (χ0) is 48.9. The fourth-order valence-electron chi connectivity index (χ4n) is 3.82. The first kappa shape index (κ1) is 51.5. The highest BCUT2D eigenvalue weighted by Crippen LogP contribution is 2.23. The van der Waals surface area contributed by atoms with E-state index in [9.17, 15) is 9.59 Å². The van der Waals surface area contributed by atoms with Crippen molar-refractivity contribution in [2.45, 2.75) is 6.61 Å². The molecule has 3 aromatic heterocycles. The van der Waals surface area contributed by atoms with E-state index in [4.69, 9.17) is 19.2 Å². The lowest BCUT2D eigenvalue weighted by molar-refractivity contribution is 0.0599. The Kier molecular flexibility index (Phi) is 25.6. The molecule has 0 saturated heterocycles. The lowest BCUT2D eigenvalue weighted by Crippen LogP contribution is -2.02. The number of aliphatic hydroxyl groups is 1. The first-order valence-corrected chi connectivity index (χ1v) is 20.7. The molecule has 0 radical (unpaired) electrons. The minimum atomic E-state index is -0.401. The molecule has 13 nitrogen and oxygen atoms in total. The fourth-order valence-corrected chi connectivity index (χ4v) is 5.20. The van der Waals surface area contributed by atoms with Crippen LogP contribution in [0, 0.1) is 155 Å². The zero-order valence-corrected chi connectivity index (χ0v) is 39.7. The molecule has 0 aliphatic heterocycles. The van der Waals surface area contributed by atoms with Crippen LogP contribution in [0.3, 0.4) is 0 Å². The lowest BCUT2D eigenvalue weighted by atomic mass is 10.2. The molecular formula is C49H23Br3N9O4P. The van der Waals surface area contributed by atoms with Crippen LogP contribution in [0.1, 0.15) is 26.3 Å². The number of hydrogen-bond donors (Lipinski definition) is 4. The number of aromatic nitrogens is 9. The van der Waals surface area contributed by atoms with Gasteiger partial charge in [0, 0.05) is 66.3 Å². The zero-order valence-electron chi connectivity index (χ0n) is 34.9. The van der Waals surface area contributed by atoms with Crippen molar-refractivity contribution in [2.24, 2.45) is 0 Å². The molecule has 314 valence electrons. The molecule has 0 aliphatic rings. The molecule has 0 fully saturated rings. The average molecular weight is 1070 g/mol. The van der Waals surface area contributed by atoms with Gasteiger partial charge in [-0.3, -0.25) is 4.79 Å². The summed E-state index contributed by atoms with van der Waals surface area (Å²) < 4.78 is 13.1. The van der Waals surface area contributed by atoms with E-state index in [-0.39, 0.29) is 6.61 Å². The van der Waals surface area contributed by atoms with Crippen LogP contribution in [-0.2, 0) is 11.3 Å². The van der Waals surface area contributed by atoms with Gasteiger partial charge in [0.25, 0.3) is 0 Å². The molecule has 0 amide bonds. The van der Waals surface area contributed by atoms with E-state index < -0.39 is 5.97 Å². The van der Waals surface area contributed by atoms with E-state index >= 15 is 0 Å². The highest BCUT2D eigenvalue weighted by molar-refractivity contribution is 9.11. The van der Waals surface area contributed by atoms with Gasteiger partial charge in [0.1, 0.15) is 33.1 Å². The number of methoxy groups -OCH3 is 1. The first-order valence-electron chi connectivity index (χ1n) is 17.8. The van der Waals surface area contributed by atoms with Crippen LogP contribution in [0.5, 0.6) is 0 Å². The molecule has 6 rings (SSSR count). The number of aromatic amines is 3. The number of rotatable bonds is 3. The van der Waals surface area contributed by atoms with E-state index in [1.54, 1.807) is 30.3 Å². The van der Waals surface area contributed by atoms with Gasteiger partial charge < -0.3 is 9.84 Å². The van der Waals surface area contributed by atoms with Gasteiger partial charge in [0.05, 0.1) is 20.6 Å². The molecule has 6 aromatic rings. The van der Waals surface area contributed by atoms with E-state index in [2.05, 4.69) is 241 Å². The Hall–Kier alpha value is -8.89. The number of aliphatic hydroxyl groups excluding tert-OH is 1. The second-order valence-corrected chi connectivity index (χ2v) is 13.0. The number of esters is 1. The molecule has 0 spiro atoms. The van der Waals surface area contributed by atoms with E-state index in [1.807, 2.05) is 12.7 Å². The van der Waals surface area contributed by atoms with Crippen molar-refractivity contribution in [3.8, 4) is 155 Å².